The molecule has 0 bridgehead atoms. The molecule has 124 valence electrons. The lowest BCUT2D eigenvalue weighted by Gasteiger charge is -2.42. The van der Waals surface area contributed by atoms with E-state index in [1.807, 2.05) is 6.92 Å². The standard InChI is InChI=1S/C18H35NO2/c1-5-10-16-11-9-13-18(14-12-16,19(6-2)7-3)15-17(20)21-8-4/h16H,5-15H2,1-4H3. The molecular formula is C18H35NO2. The van der Waals surface area contributed by atoms with Crippen molar-refractivity contribution in [3.05, 3.63) is 0 Å². The summed E-state index contributed by atoms with van der Waals surface area (Å²) in [5.74, 6) is 0.841. The van der Waals surface area contributed by atoms with Crippen molar-refractivity contribution in [2.24, 2.45) is 5.92 Å². The van der Waals surface area contributed by atoms with Crippen LogP contribution in [0.2, 0.25) is 0 Å². The fourth-order valence-corrected chi connectivity index (χ4v) is 4.14. The number of nitrogens with zero attached hydrogens (tertiary/aromatic N) is 1. The Hall–Kier alpha value is -0.570. The summed E-state index contributed by atoms with van der Waals surface area (Å²) in [7, 11) is 0. The predicted octanol–water partition coefficient (Wildman–Crippen LogP) is 4.40. The Kier molecular flexibility index (Phi) is 8.31. The van der Waals surface area contributed by atoms with Gasteiger partial charge in [-0.3, -0.25) is 9.69 Å². The summed E-state index contributed by atoms with van der Waals surface area (Å²) in [5.41, 5.74) is 0.0399. The summed E-state index contributed by atoms with van der Waals surface area (Å²) in [6.45, 7) is 11.1. The Bertz CT molecular complexity index is 302. The van der Waals surface area contributed by atoms with Crippen molar-refractivity contribution in [2.75, 3.05) is 19.7 Å². The van der Waals surface area contributed by atoms with Crippen LogP contribution in [0.1, 0.15) is 79.1 Å². The monoisotopic (exact) mass is 297 g/mol. The van der Waals surface area contributed by atoms with Crippen molar-refractivity contribution in [3.63, 3.8) is 0 Å². The minimum absolute atomic E-state index is 0.0154. The number of hydrogen-bond acceptors (Lipinski definition) is 3. The van der Waals surface area contributed by atoms with Gasteiger partial charge in [-0.25, -0.2) is 0 Å². The number of rotatable bonds is 8. The Morgan fingerprint density at radius 1 is 1.14 bits per heavy atom. The van der Waals surface area contributed by atoms with Crippen LogP contribution >= 0.6 is 0 Å². The molecule has 0 saturated heterocycles. The van der Waals surface area contributed by atoms with Gasteiger partial charge >= 0.3 is 5.97 Å². The molecule has 0 amide bonds. The van der Waals surface area contributed by atoms with E-state index < -0.39 is 0 Å². The molecule has 0 aromatic rings. The SMILES string of the molecule is CCCC1CCCC(CC(=O)OCC)(N(CC)CC)CC1. The molecule has 0 aromatic heterocycles. The van der Waals surface area contributed by atoms with E-state index in [4.69, 9.17) is 4.74 Å². The van der Waals surface area contributed by atoms with Crippen LogP contribution in [0.25, 0.3) is 0 Å². The van der Waals surface area contributed by atoms with E-state index in [0.717, 1.165) is 31.8 Å². The molecule has 1 aliphatic rings. The zero-order valence-electron chi connectivity index (χ0n) is 14.6. The van der Waals surface area contributed by atoms with E-state index in [9.17, 15) is 4.79 Å². The minimum Gasteiger partial charge on any atom is -0.466 e. The Balaban J connectivity index is 2.83. The van der Waals surface area contributed by atoms with Crippen molar-refractivity contribution in [2.45, 2.75) is 84.6 Å². The van der Waals surface area contributed by atoms with Gasteiger partial charge in [0.15, 0.2) is 0 Å². The van der Waals surface area contributed by atoms with E-state index in [0.29, 0.717) is 13.0 Å². The molecular weight excluding hydrogens is 262 g/mol. The van der Waals surface area contributed by atoms with Crippen LogP contribution in [0, 0.1) is 5.92 Å². The van der Waals surface area contributed by atoms with Gasteiger partial charge < -0.3 is 4.74 Å². The van der Waals surface area contributed by atoms with Gasteiger partial charge in [-0.2, -0.15) is 0 Å². The van der Waals surface area contributed by atoms with E-state index in [1.165, 1.54) is 32.1 Å². The smallest absolute Gasteiger partial charge is 0.307 e. The van der Waals surface area contributed by atoms with Crippen molar-refractivity contribution < 1.29 is 9.53 Å². The quantitative estimate of drug-likeness (QED) is 0.491. The molecule has 3 nitrogen and oxygen atoms in total. The fourth-order valence-electron chi connectivity index (χ4n) is 4.14. The van der Waals surface area contributed by atoms with Crippen LogP contribution < -0.4 is 0 Å². The molecule has 0 heterocycles. The van der Waals surface area contributed by atoms with Gasteiger partial charge in [-0.15, -0.1) is 0 Å². The normalized spacial score (nSPS) is 26.6. The summed E-state index contributed by atoms with van der Waals surface area (Å²) < 4.78 is 5.26. The Morgan fingerprint density at radius 2 is 1.86 bits per heavy atom. The van der Waals surface area contributed by atoms with Crippen LogP contribution in [0.4, 0.5) is 0 Å². The van der Waals surface area contributed by atoms with E-state index >= 15 is 0 Å². The maximum Gasteiger partial charge on any atom is 0.307 e. The van der Waals surface area contributed by atoms with Crippen molar-refractivity contribution in [1.82, 2.24) is 4.90 Å². The molecule has 0 aliphatic heterocycles. The second-order valence-electron chi connectivity index (χ2n) is 6.46. The first kappa shape index (κ1) is 18.5. The van der Waals surface area contributed by atoms with Crippen molar-refractivity contribution >= 4 is 5.97 Å². The van der Waals surface area contributed by atoms with Gasteiger partial charge in [0.1, 0.15) is 0 Å². The van der Waals surface area contributed by atoms with Crippen LogP contribution in [-0.4, -0.2) is 36.1 Å². The van der Waals surface area contributed by atoms with Crippen LogP contribution in [0.3, 0.4) is 0 Å². The Labute approximate surface area is 131 Å². The summed E-state index contributed by atoms with van der Waals surface area (Å²) in [4.78, 5) is 14.6. The third kappa shape index (κ3) is 5.28. The number of carbonyl (C=O) groups excluding carboxylic acids is 1. The number of esters is 1. The third-order valence-electron chi connectivity index (χ3n) is 5.18. The average molecular weight is 297 g/mol. The van der Waals surface area contributed by atoms with Crippen molar-refractivity contribution in [3.8, 4) is 0 Å². The van der Waals surface area contributed by atoms with Gasteiger partial charge in [0.05, 0.1) is 13.0 Å². The zero-order chi connectivity index (χ0) is 15.7. The first-order chi connectivity index (χ1) is 10.1. The molecule has 21 heavy (non-hydrogen) atoms. The minimum atomic E-state index is -0.0154. The number of carbonyl (C=O) groups is 1. The van der Waals surface area contributed by atoms with Crippen LogP contribution in [0.5, 0.6) is 0 Å². The largest absolute Gasteiger partial charge is 0.466 e. The molecule has 0 spiro atoms. The molecule has 1 rings (SSSR count). The lowest BCUT2D eigenvalue weighted by atomic mass is 9.84. The average Bonchev–Trinajstić information content (AvgIpc) is 2.65. The molecule has 2 unspecified atom stereocenters. The second kappa shape index (κ2) is 9.45. The van der Waals surface area contributed by atoms with E-state index in [1.54, 1.807) is 0 Å². The highest BCUT2D eigenvalue weighted by Gasteiger charge is 2.39. The summed E-state index contributed by atoms with van der Waals surface area (Å²) in [6.07, 6.45) is 9.34. The summed E-state index contributed by atoms with van der Waals surface area (Å²) >= 11 is 0. The highest BCUT2D eigenvalue weighted by atomic mass is 16.5. The Morgan fingerprint density at radius 3 is 2.43 bits per heavy atom. The predicted molar refractivity (Wildman–Crippen MR) is 88.4 cm³/mol. The lowest BCUT2D eigenvalue weighted by molar-refractivity contribution is -0.147. The summed E-state index contributed by atoms with van der Waals surface area (Å²) in [6, 6.07) is 0. The first-order valence-corrected chi connectivity index (χ1v) is 9.02. The fraction of sp³-hybridized carbons (Fsp3) is 0.944. The molecule has 2 atom stereocenters. The highest BCUT2D eigenvalue weighted by Crippen LogP contribution is 2.38. The van der Waals surface area contributed by atoms with Crippen LogP contribution in [-0.2, 0) is 9.53 Å². The number of ether oxygens (including phenoxy) is 1. The van der Waals surface area contributed by atoms with Crippen LogP contribution in [0.15, 0.2) is 0 Å². The molecule has 0 aromatic carbocycles. The number of hydrogen-bond donors (Lipinski definition) is 0. The maximum absolute atomic E-state index is 12.1. The highest BCUT2D eigenvalue weighted by molar-refractivity contribution is 5.71. The maximum atomic E-state index is 12.1. The second-order valence-corrected chi connectivity index (χ2v) is 6.46. The third-order valence-corrected chi connectivity index (χ3v) is 5.18. The first-order valence-electron chi connectivity index (χ1n) is 9.02. The zero-order valence-corrected chi connectivity index (χ0v) is 14.6. The molecule has 3 heteroatoms. The van der Waals surface area contributed by atoms with Crippen molar-refractivity contribution in [1.29, 1.82) is 0 Å². The topological polar surface area (TPSA) is 29.5 Å². The molecule has 0 N–H and O–H groups in total. The molecule has 1 saturated carbocycles. The van der Waals surface area contributed by atoms with Gasteiger partial charge in [-0.05, 0) is 45.2 Å². The van der Waals surface area contributed by atoms with E-state index in [2.05, 4.69) is 25.7 Å². The molecule has 0 radical (unpaired) electrons. The van der Waals surface area contributed by atoms with E-state index in [-0.39, 0.29) is 11.5 Å². The van der Waals surface area contributed by atoms with Gasteiger partial charge in [0.2, 0.25) is 0 Å². The molecule has 1 aliphatic carbocycles. The summed E-state index contributed by atoms with van der Waals surface area (Å²) in [5, 5.41) is 0. The van der Waals surface area contributed by atoms with Gasteiger partial charge in [0.25, 0.3) is 0 Å². The molecule has 1 fully saturated rings. The lowest BCUT2D eigenvalue weighted by Crippen LogP contribution is -2.50. The van der Waals surface area contributed by atoms with Gasteiger partial charge in [-0.1, -0.05) is 46.5 Å². The van der Waals surface area contributed by atoms with Gasteiger partial charge in [0, 0.05) is 5.54 Å².